The van der Waals surface area contributed by atoms with Crippen LogP contribution in [0.3, 0.4) is 0 Å². The van der Waals surface area contributed by atoms with E-state index in [-0.39, 0.29) is 0 Å². The lowest BCUT2D eigenvalue weighted by atomic mass is 10.0. The van der Waals surface area contributed by atoms with Gasteiger partial charge in [-0.25, -0.2) is 0 Å². The maximum absolute atomic E-state index is 6.06. The molecule has 0 saturated heterocycles. The zero-order valence-electron chi connectivity index (χ0n) is 10.8. The van der Waals surface area contributed by atoms with Gasteiger partial charge >= 0.3 is 0 Å². The quantitative estimate of drug-likeness (QED) is 0.897. The van der Waals surface area contributed by atoms with E-state index in [9.17, 15) is 0 Å². The number of aromatic nitrogens is 2. The first kappa shape index (κ1) is 12.6. The van der Waals surface area contributed by atoms with E-state index < -0.39 is 5.54 Å². The minimum atomic E-state index is -0.593. The largest absolute Gasteiger partial charge is 0.497 e. The molecule has 0 aliphatic rings. The van der Waals surface area contributed by atoms with E-state index in [1.54, 1.807) is 7.11 Å². The van der Waals surface area contributed by atoms with Gasteiger partial charge < -0.3 is 15.0 Å². The fraction of sp³-hybridized carbons (Fsp3) is 0.385. The second-order valence-corrected chi connectivity index (χ2v) is 4.43. The van der Waals surface area contributed by atoms with Crippen molar-refractivity contribution >= 4 is 0 Å². The van der Waals surface area contributed by atoms with Gasteiger partial charge in [-0.1, -0.05) is 24.2 Å². The van der Waals surface area contributed by atoms with Crippen molar-refractivity contribution in [3.8, 4) is 17.1 Å². The third-order valence-electron chi connectivity index (χ3n) is 2.98. The summed E-state index contributed by atoms with van der Waals surface area (Å²) < 4.78 is 10.4. The number of rotatable bonds is 4. The van der Waals surface area contributed by atoms with Crippen molar-refractivity contribution in [1.82, 2.24) is 10.1 Å². The highest BCUT2D eigenvalue weighted by atomic mass is 16.5. The molecule has 1 aromatic carbocycles. The van der Waals surface area contributed by atoms with Gasteiger partial charge in [0.25, 0.3) is 0 Å². The van der Waals surface area contributed by atoms with Crippen LogP contribution in [-0.2, 0) is 5.54 Å². The number of benzene rings is 1. The van der Waals surface area contributed by atoms with Crippen LogP contribution in [-0.4, -0.2) is 17.3 Å². The van der Waals surface area contributed by atoms with Crippen LogP contribution in [0, 0.1) is 0 Å². The van der Waals surface area contributed by atoms with Crippen molar-refractivity contribution < 1.29 is 9.26 Å². The fourth-order valence-corrected chi connectivity index (χ4v) is 1.49. The molecule has 5 heteroatoms. The summed E-state index contributed by atoms with van der Waals surface area (Å²) in [4.78, 5) is 4.34. The first-order valence-corrected chi connectivity index (χ1v) is 5.84. The predicted octanol–water partition coefficient (Wildman–Crippen LogP) is 2.33. The Kier molecular flexibility index (Phi) is 3.34. The zero-order valence-corrected chi connectivity index (χ0v) is 10.8. The van der Waals surface area contributed by atoms with E-state index in [0.717, 1.165) is 17.7 Å². The van der Waals surface area contributed by atoms with E-state index in [4.69, 9.17) is 15.0 Å². The van der Waals surface area contributed by atoms with Crippen molar-refractivity contribution in [3.05, 3.63) is 30.2 Å². The molecular weight excluding hydrogens is 230 g/mol. The third kappa shape index (κ3) is 2.36. The van der Waals surface area contributed by atoms with Gasteiger partial charge in [0.05, 0.1) is 12.6 Å². The lowest BCUT2D eigenvalue weighted by Gasteiger charge is -2.16. The summed E-state index contributed by atoms with van der Waals surface area (Å²) in [5.41, 5.74) is 6.31. The topological polar surface area (TPSA) is 74.2 Å². The summed E-state index contributed by atoms with van der Waals surface area (Å²) >= 11 is 0. The Morgan fingerprint density at radius 3 is 2.89 bits per heavy atom. The molecule has 1 atom stereocenters. The molecule has 0 aliphatic heterocycles. The standard InChI is InChI=1S/C13H17N3O2/c1-4-13(2,14)12-15-11(16-18-12)9-6-5-7-10(8-9)17-3/h5-8H,4,14H2,1-3H3. The summed E-state index contributed by atoms with van der Waals surface area (Å²) in [7, 11) is 1.62. The summed E-state index contributed by atoms with van der Waals surface area (Å²) in [6, 6.07) is 7.50. The molecule has 1 unspecified atom stereocenters. The van der Waals surface area contributed by atoms with Gasteiger partial charge in [0.1, 0.15) is 5.75 Å². The Labute approximate surface area is 106 Å². The van der Waals surface area contributed by atoms with Crippen LogP contribution < -0.4 is 10.5 Å². The van der Waals surface area contributed by atoms with Crippen molar-refractivity contribution in [2.24, 2.45) is 5.73 Å². The van der Waals surface area contributed by atoms with Gasteiger partial charge in [0, 0.05) is 5.56 Å². The van der Waals surface area contributed by atoms with Gasteiger partial charge in [-0.3, -0.25) is 0 Å². The Bertz CT molecular complexity index is 535. The number of ether oxygens (including phenoxy) is 1. The Balaban J connectivity index is 2.35. The minimum absolute atomic E-state index is 0.447. The molecule has 0 spiro atoms. The van der Waals surface area contributed by atoms with Gasteiger partial charge in [-0.2, -0.15) is 4.98 Å². The monoisotopic (exact) mass is 247 g/mol. The molecule has 18 heavy (non-hydrogen) atoms. The number of methoxy groups -OCH3 is 1. The van der Waals surface area contributed by atoms with E-state index in [1.807, 2.05) is 38.1 Å². The van der Waals surface area contributed by atoms with Crippen LogP contribution in [0.2, 0.25) is 0 Å². The average molecular weight is 247 g/mol. The van der Waals surface area contributed by atoms with Crippen molar-refractivity contribution in [1.29, 1.82) is 0 Å². The lowest BCUT2D eigenvalue weighted by Crippen LogP contribution is -2.32. The second-order valence-electron chi connectivity index (χ2n) is 4.43. The third-order valence-corrected chi connectivity index (χ3v) is 2.98. The Morgan fingerprint density at radius 2 is 2.22 bits per heavy atom. The van der Waals surface area contributed by atoms with Crippen LogP contribution in [0.5, 0.6) is 5.75 Å². The number of nitrogens with two attached hydrogens (primary N) is 1. The van der Waals surface area contributed by atoms with Gasteiger partial charge in [0.15, 0.2) is 0 Å². The molecule has 0 amide bonds. The van der Waals surface area contributed by atoms with Crippen molar-refractivity contribution in [3.63, 3.8) is 0 Å². The molecule has 0 saturated carbocycles. The van der Waals surface area contributed by atoms with Gasteiger partial charge in [0.2, 0.25) is 11.7 Å². The van der Waals surface area contributed by atoms with Crippen molar-refractivity contribution in [2.45, 2.75) is 25.8 Å². The van der Waals surface area contributed by atoms with Crippen LogP contribution in [0.4, 0.5) is 0 Å². The molecule has 1 aromatic heterocycles. The van der Waals surface area contributed by atoms with Crippen LogP contribution in [0.1, 0.15) is 26.2 Å². The maximum Gasteiger partial charge on any atom is 0.246 e. The first-order valence-electron chi connectivity index (χ1n) is 5.84. The summed E-state index contributed by atoms with van der Waals surface area (Å²) in [5.74, 6) is 1.72. The van der Waals surface area contributed by atoms with Crippen molar-refractivity contribution in [2.75, 3.05) is 7.11 Å². The second kappa shape index (κ2) is 4.78. The van der Waals surface area contributed by atoms with E-state index in [1.165, 1.54) is 0 Å². The lowest BCUT2D eigenvalue weighted by molar-refractivity contribution is 0.291. The highest BCUT2D eigenvalue weighted by molar-refractivity contribution is 5.56. The molecule has 96 valence electrons. The first-order chi connectivity index (χ1) is 8.56. The van der Waals surface area contributed by atoms with E-state index in [0.29, 0.717) is 11.7 Å². The smallest absolute Gasteiger partial charge is 0.246 e. The molecule has 2 aromatic rings. The molecule has 5 nitrogen and oxygen atoms in total. The van der Waals surface area contributed by atoms with Crippen LogP contribution >= 0.6 is 0 Å². The molecule has 0 radical (unpaired) electrons. The molecule has 2 rings (SSSR count). The van der Waals surface area contributed by atoms with E-state index >= 15 is 0 Å². The minimum Gasteiger partial charge on any atom is -0.497 e. The molecule has 2 N–H and O–H groups in total. The highest BCUT2D eigenvalue weighted by Crippen LogP contribution is 2.25. The van der Waals surface area contributed by atoms with Gasteiger partial charge in [-0.05, 0) is 25.5 Å². The maximum atomic E-state index is 6.06. The molecule has 0 aliphatic carbocycles. The summed E-state index contributed by atoms with van der Waals surface area (Å²) in [6.07, 6.45) is 0.729. The Morgan fingerprint density at radius 1 is 1.44 bits per heavy atom. The SMILES string of the molecule is CCC(C)(N)c1nc(-c2cccc(OC)c2)no1. The van der Waals surface area contributed by atoms with Crippen LogP contribution in [0.25, 0.3) is 11.4 Å². The van der Waals surface area contributed by atoms with E-state index in [2.05, 4.69) is 10.1 Å². The molecule has 0 fully saturated rings. The number of hydrogen-bond donors (Lipinski definition) is 1. The summed E-state index contributed by atoms with van der Waals surface area (Å²) in [5, 5.41) is 3.95. The van der Waals surface area contributed by atoms with Gasteiger partial charge in [-0.15, -0.1) is 0 Å². The highest BCUT2D eigenvalue weighted by Gasteiger charge is 2.26. The average Bonchev–Trinajstić information content (AvgIpc) is 2.89. The molecular formula is C13H17N3O2. The molecule has 1 heterocycles. The normalized spacial score (nSPS) is 14.2. The number of nitrogens with zero attached hydrogens (tertiary/aromatic N) is 2. The van der Waals surface area contributed by atoms with Crippen LogP contribution in [0.15, 0.2) is 28.8 Å². The zero-order chi connectivity index (χ0) is 13.2. The predicted molar refractivity (Wildman–Crippen MR) is 68.1 cm³/mol. The fourth-order valence-electron chi connectivity index (χ4n) is 1.49. The molecule has 0 bridgehead atoms. The number of hydrogen-bond acceptors (Lipinski definition) is 5. The Hall–Kier alpha value is -1.88. The summed E-state index contributed by atoms with van der Waals surface area (Å²) in [6.45, 7) is 3.85.